The van der Waals surface area contributed by atoms with Gasteiger partial charge in [0.25, 0.3) is 11.8 Å². The van der Waals surface area contributed by atoms with E-state index in [4.69, 9.17) is 4.74 Å². The van der Waals surface area contributed by atoms with E-state index >= 15 is 0 Å². The average molecular weight is 507 g/mol. The van der Waals surface area contributed by atoms with Crippen LogP contribution in [0.5, 0.6) is 0 Å². The van der Waals surface area contributed by atoms with E-state index in [1.54, 1.807) is 63.9 Å². The number of benzene rings is 2. The van der Waals surface area contributed by atoms with E-state index in [1.165, 1.54) is 24.3 Å². The third-order valence-electron chi connectivity index (χ3n) is 5.99. The summed E-state index contributed by atoms with van der Waals surface area (Å²) in [7, 11) is 0. The molecule has 3 aromatic rings. The molecule has 0 unspecified atom stereocenters. The fraction of sp³-hybridized carbons (Fsp3) is 0.259. The molecular weight excluding hydrogens is 479 g/mol. The van der Waals surface area contributed by atoms with Gasteiger partial charge < -0.3 is 24.4 Å². The zero-order valence-corrected chi connectivity index (χ0v) is 20.4. The maximum atomic E-state index is 13.1. The quantitative estimate of drug-likeness (QED) is 0.497. The van der Waals surface area contributed by atoms with Gasteiger partial charge in [-0.2, -0.15) is 0 Å². The highest BCUT2D eigenvalue weighted by Crippen LogP contribution is 2.15. The van der Waals surface area contributed by atoms with E-state index in [0.29, 0.717) is 48.7 Å². The molecule has 1 saturated heterocycles. The molecule has 0 saturated carbocycles. The van der Waals surface area contributed by atoms with Crippen LogP contribution in [0.3, 0.4) is 0 Å². The molecule has 0 atom stereocenters. The van der Waals surface area contributed by atoms with Gasteiger partial charge in [0.15, 0.2) is 0 Å². The monoisotopic (exact) mass is 506 g/mol. The molecule has 9 nitrogen and oxygen atoms in total. The first-order valence-electron chi connectivity index (χ1n) is 11.9. The van der Waals surface area contributed by atoms with Gasteiger partial charge >= 0.3 is 5.97 Å². The van der Waals surface area contributed by atoms with Crippen LogP contribution >= 0.6 is 0 Å². The minimum Gasteiger partial charge on any atom is -0.462 e. The van der Waals surface area contributed by atoms with Gasteiger partial charge in [-0.25, -0.2) is 9.18 Å². The normalized spacial score (nSPS) is 13.2. The Morgan fingerprint density at radius 2 is 1.43 bits per heavy atom. The summed E-state index contributed by atoms with van der Waals surface area (Å²) in [5, 5.41) is 2.76. The van der Waals surface area contributed by atoms with E-state index in [9.17, 15) is 23.6 Å². The van der Waals surface area contributed by atoms with Gasteiger partial charge in [0.1, 0.15) is 18.1 Å². The first-order chi connectivity index (χ1) is 17.9. The Kier molecular flexibility index (Phi) is 7.97. The number of carbonyl (C=O) groups excluding carboxylic acids is 4. The Morgan fingerprint density at radius 1 is 0.838 bits per heavy atom. The number of nitrogens with zero attached hydrogens (tertiary/aromatic N) is 3. The molecular formula is C27H27FN4O5. The Morgan fingerprint density at radius 3 is 2.05 bits per heavy atom. The molecule has 0 radical (unpaired) electrons. The molecule has 2 heterocycles. The summed E-state index contributed by atoms with van der Waals surface area (Å²) in [6, 6.07) is 15.1. The van der Waals surface area contributed by atoms with Crippen LogP contribution in [0.15, 0.2) is 66.9 Å². The Hall–Kier alpha value is -4.47. The van der Waals surface area contributed by atoms with Gasteiger partial charge in [-0.05, 0) is 67.6 Å². The maximum absolute atomic E-state index is 13.1. The number of amides is 3. The van der Waals surface area contributed by atoms with Crippen molar-refractivity contribution in [2.24, 2.45) is 0 Å². The summed E-state index contributed by atoms with van der Waals surface area (Å²) in [4.78, 5) is 53.5. The highest BCUT2D eigenvalue weighted by atomic mass is 19.1. The number of nitrogens with one attached hydrogen (secondary N) is 1. The van der Waals surface area contributed by atoms with Crippen molar-refractivity contribution < 1.29 is 28.3 Å². The molecule has 2 aromatic carbocycles. The standard InChI is InChI=1S/C27H27FN4O5/c1-2-37-27(36)20-7-11-22(12-8-20)29-24(33)18-32-13-3-4-23(32)26(35)31-16-14-30(15-17-31)25(34)19-5-9-21(28)10-6-19/h3-13H,2,14-18H2,1H3,(H,29,33). The third kappa shape index (κ3) is 6.21. The largest absolute Gasteiger partial charge is 0.462 e. The topological polar surface area (TPSA) is 101 Å². The fourth-order valence-electron chi connectivity index (χ4n) is 4.06. The number of hydrogen-bond donors (Lipinski definition) is 1. The van der Waals surface area contributed by atoms with Crippen LogP contribution in [0, 0.1) is 5.82 Å². The van der Waals surface area contributed by atoms with Crippen LogP contribution in [0.1, 0.15) is 38.1 Å². The van der Waals surface area contributed by atoms with Gasteiger partial charge in [-0.15, -0.1) is 0 Å². The van der Waals surface area contributed by atoms with Gasteiger partial charge in [0.2, 0.25) is 5.91 Å². The smallest absolute Gasteiger partial charge is 0.338 e. The van der Waals surface area contributed by atoms with E-state index < -0.39 is 11.8 Å². The summed E-state index contributed by atoms with van der Waals surface area (Å²) in [5.41, 5.74) is 1.67. The number of hydrogen-bond acceptors (Lipinski definition) is 5. The second-order valence-electron chi connectivity index (χ2n) is 8.46. The van der Waals surface area contributed by atoms with Gasteiger partial charge in [-0.3, -0.25) is 14.4 Å². The lowest BCUT2D eigenvalue weighted by atomic mass is 10.1. The summed E-state index contributed by atoms with van der Waals surface area (Å²) in [6.45, 7) is 3.32. The van der Waals surface area contributed by atoms with Crippen molar-refractivity contribution >= 4 is 29.4 Å². The number of piperazine rings is 1. The number of esters is 1. The van der Waals surface area contributed by atoms with Gasteiger partial charge in [-0.1, -0.05) is 0 Å². The van der Waals surface area contributed by atoms with Gasteiger partial charge in [0.05, 0.1) is 12.2 Å². The van der Waals surface area contributed by atoms with Crippen molar-refractivity contribution in [1.29, 1.82) is 0 Å². The molecule has 0 bridgehead atoms. The number of ether oxygens (including phenoxy) is 1. The van der Waals surface area contributed by atoms with Crippen molar-refractivity contribution in [2.75, 3.05) is 38.1 Å². The number of aromatic nitrogens is 1. The van der Waals surface area contributed by atoms with Crippen LogP contribution in [0.2, 0.25) is 0 Å². The van der Waals surface area contributed by atoms with Crippen molar-refractivity contribution in [2.45, 2.75) is 13.5 Å². The molecule has 1 aliphatic heterocycles. The molecule has 0 aliphatic carbocycles. The van der Waals surface area contributed by atoms with Crippen LogP contribution in [0.25, 0.3) is 0 Å². The molecule has 1 aromatic heterocycles. The zero-order valence-electron chi connectivity index (χ0n) is 20.4. The molecule has 3 amide bonds. The molecule has 192 valence electrons. The Balaban J connectivity index is 1.32. The average Bonchev–Trinajstić information content (AvgIpc) is 3.36. The number of halogens is 1. The predicted molar refractivity (Wildman–Crippen MR) is 134 cm³/mol. The Labute approximate surface area is 213 Å². The van der Waals surface area contributed by atoms with E-state index in [2.05, 4.69) is 5.32 Å². The summed E-state index contributed by atoms with van der Waals surface area (Å²) < 4.78 is 19.7. The van der Waals surface area contributed by atoms with Crippen molar-refractivity contribution in [3.63, 3.8) is 0 Å². The van der Waals surface area contributed by atoms with Crippen LogP contribution < -0.4 is 5.32 Å². The summed E-state index contributed by atoms with van der Waals surface area (Å²) in [5.74, 6) is -1.61. The third-order valence-corrected chi connectivity index (χ3v) is 5.99. The number of carbonyl (C=O) groups is 4. The summed E-state index contributed by atoms with van der Waals surface area (Å²) in [6.07, 6.45) is 1.66. The second kappa shape index (κ2) is 11.5. The second-order valence-corrected chi connectivity index (χ2v) is 8.46. The molecule has 1 fully saturated rings. The molecule has 1 aliphatic rings. The van der Waals surface area contributed by atoms with Crippen molar-refractivity contribution in [3.05, 3.63) is 89.5 Å². The lowest BCUT2D eigenvalue weighted by molar-refractivity contribution is -0.116. The fourth-order valence-corrected chi connectivity index (χ4v) is 4.06. The zero-order chi connectivity index (χ0) is 26.4. The first kappa shape index (κ1) is 25.6. The van der Waals surface area contributed by atoms with E-state index in [-0.39, 0.29) is 30.9 Å². The molecule has 37 heavy (non-hydrogen) atoms. The number of rotatable bonds is 7. The van der Waals surface area contributed by atoms with Crippen LogP contribution in [0.4, 0.5) is 10.1 Å². The SMILES string of the molecule is CCOC(=O)c1ccc(NC(=O)Cn2cccc2C(=O)N2CCN(C(=O)c3ccc(F)cc3)CC2)cc1. The minimum absolute atomic E-state index is 0.0727. The predicted octanol–water partition coefficient (Wildman–Crippen LogP) is 3.04. The van der Waals surface area contributed by atoms with Crippen molar-refractivity contribution in [3.8, 4) is 0 Å². The van der Waals surface area contributed by atoms with Gasteiger partial charge in [0, 0.05) is 43.6 Å². The number of anilines is 1. The maximum Gasteiger partial charge on any atom is 0.338 e. The molecule has 0 spiro atoms. The Bertz CT molecular complexity index is 1280. The van der Waals surface area contributed by atoms with Crippen LogP contribution in [-0.4, -0.2) is 70.8 Å². The highest BCUT2D eigenvalue weighted by molar-refractivity contribution is 5.96. The van der Waals surface area contributed by atoms with E-state index in [0.717, 1.165) is 0 Å². The van der Waals surface area contributed by atoms with Crippen molar-refractivity contribution in [1.82, 2.24) is 14.4 Å². The van der Waals surface area contributed by atoms with Crippen LogP contribution in [-0.2, 0) is 16.1 Å². The lowest BCUT2D eigenvalue weighted by Crippen LogP contribution is -2.51. The first-order valence-corrected chi connectivity index (χ1v) is 11.9. The summed E-state index contributed by atoms with van der Waals surface area (Å²) >= 11 is 0. The molecule has 10 heteroatoms. The highest BCUT2D eigenvalue weighted by Gasteiger charge is 2.27. The molecule has 4 rings (SSSR count). The minimum atomic E-state index is -0.434. The molecule has 1 N–H and O–H groups in total. The lowest BCUT2D eigenvalue weighted by Gasteiger charge is -2.35. The van der Waals surface area contributed by atoms with E-state index in [1.807, 2.05) is 0 Å².